The van der Waals surface area contributed by atoms with Gasteiger partial charge in [0.25, 0.3) is 0 Å². The summed E-state index contributed by atoms with van der Waals surface area (Å²) in [7, 11) is 0. The number of carboxylic acid groups (broad SMARTS) is 1. The van der Waals surface area contributed by atoms with Crippen LogP contribution in [-0.2, 0) is 30.4 Å². The van der Waals surface area contributed by atoms with Gasteiger partial charge in [0.05, 0.1) is 12.5 Å². The number of aliphatic hydroxyl groups is 1. The molecule has 0 spiro atoms. The number of nitrogens with one attached hydrogen (secondary N) is 3. The molecule has 5 atom stereocenters. The number of rotatable bonds is 16. The van der Waals surface area contributed by atoms with Crippen LogP contribution in [0.2, 0.25) is 0 Å². The summed E-state index contributed by atoms with van der Waals surface area (Å²) in [4.78, 5) is 61.5. The van der Waals surface area contributed by atoms with Gasteiger partial charge in [-0.05, 0) is 38.3 Å². The zero-order chi connectivity index (χ0) is 27.3. The van der Waals surface area contributed by atoms with Crippen LogP contribution in [0, 0.1) is 0 Å². The number of carboxylic acids is 1. The molecule has 200 valence electrons. The van der Waals surface area contributed by atoms with E-state index in [2.05, 4.69) is 16.0 Å². The lowest BCUT2D eigenvalue weighted by Crippen LogP contribution is -2.59. The minimum absolute atomic E-state index is 0.00664. The van der Waals surface area contributed by atoms with Crippen LogP contribution in [0.15, 0.2) is 30.3 Å². The quantitative estimate of drug-likeness (QED) is 0.110. The van der Waals surface area contributed by atoms with E-state index in [0.29, 0.717) is 24.9 Å². The molecule has 1 aromatic carbocycles. The molecule has 36 heavy (non-hydrogen) atoms. The van der Waals surface area contributed by atoms with E-state index < -0.39 is 66.3 Å². The summed E-state index contributed by atoms with van der Waals surface area (Å²) in [6.07, 6.45) is -0.699. The van der Waals surface area contributed by atoms with E-state index in [0.717, 1.165) is 0 Å². The van der Waals surface area contributed by atoms with Gasteiger partial charge in [0, 0.05) is 6.42 Å². The second kappa shape index (κ2) is 15.4. The van der Waals surface area contributed by atoms with Crippen molar-refractivity contribution in [2.75, 3.05) is 6.54 Å². The number of carbonyl (C=O) groups excluding carboxylic acids is 4. The van der Waals surface area contributed by atoms with Crippen LogP contribution in [0.4, 0.5) is 0 Å². The zero-order valence-electron chi connectivity index (χ0n) is 20.2. The minimum Gasteiger partial charge on any atom is -0.480 e. The average molecular weight is 509 g/mol. The topological polar surface area (TPSA) is 240 Å². The number of hydrogen-bond donors (Lipinski definition) is 8. The van der Waals surface area contributed by atoms with Gasteiger partial charge in [-0.15, -0.1) is 0 Å². The molecule has 0 aliphatic heterocycles. The maximum absolute atomic E-state index is 13.1. The van der Waals surface area contributed by atoms with Gasteiger partial charge in [-0.2, -0.15) is 0 Å². The van der Waals surface area contributed by atoms with Crippen molar-refractivity contribution in [1.82, 2.24) is 16.0 Å². The minimum atomic E-state index is -1.49. The lowest BCUT2D eigenvalue weighted by atomic mass is 10.0. The summed E-state index contributed by atoms with van der Waals surface area (Å²) in [6, 6.07) is 3.35. The van der Waals surface area contributed by atoms with Gasteiger partial charge in [0.2, 0.25) is 23.6 Å². The molecule has 0 bridgehead atoms. The Labute approximate surface area is 209 Å². The summed E-state index contributed by atoms with van der Waals surface area (Å²) in [5, 5.41) is 26.1. The van der Waals surface area contributed by atoms with Crippen molar-refractivity contribution in [3.8, 4) is 0 Å². The summed E-state index contributed by atoms with van der Waals surface area (Å²) < 4.78 is 0. The number of carbonyl (C=O) groups is 5. The summed E-state index contributed by atoms with van der Waals surface area (Å²) in [6.45, 7) is 1.67. The van der Waals surface area contributed by atoms with E-state index in [4.69, 9.17) is 17.2 Å². The summed E-state index contributed by atoms with van der Waals surface area (Å²) in [5.41, 5.74) is 17.0. The van der Waals surface area contributed by atoms with Gasteiger partial charge < -0.3 is 43.4 Å². The third kappa shape index (κ3) is 10.8. The molecule has 0 aliphatic rings. The van der Waals surface area contributed by atoms with Crippen molar-refractivity contribution in [1.29, 1.82) is 0 Å². The Morgan fingerprint density at radius 1 is 0.889 bits per heavy atom. The first-order valence-electron chi connectivity index (χ1n) is 11.6. The van der Waals surface area contributed by atoms with Crippen LogP contribution in [-0.4, -0.2) is 76.6 Å². The highest BCUT2D eigenvalue weighted by Gasteiger charge is 2.31. The van der Waals surface area contributed by atoms with E-state index in [1.54, 1.807) is 30.3 Å². The van der Waals surface area contributed by atoms with Crippen LogP contribution in [0.5, 0.6) is 0 Å². The molecule has 0 aromatic heterocycles. The molecule has 0 radical (unpaired) electrons. The fraction of sp³-hybridized carbons (Fsp3) is 0.522. The van der Waals surface area contributed by atoms with Crippen molar-refractivity contribution in [2.24, 2.45) is 17.2 Å². The molecule has 13 nitrogen and oxygen atoms in total. The normalized spacial score (nSPS) is 15.0. The largest absolute Gasteiger partial charge is 0.480 e. The molecule has 13 heteroatoms. The number of benzene rings is 1. The van der Waals surface area contributed by atoms with E-state index in [1.807, 2.05) is 0 Å². The van der Waals surface area contributed by atoms with Crippen molar-refractivity contribution < 1.29 is 34.2 Å². The molecule has 0 saturated heterocycles. The molecule has 11 N–H and O–H groups in total. The smallest absolute Gasteiger partial charge is 0.326 e. The molecule has 1 aromatic rings. The number of hydrogen-bond acceptors (Lipinski definition) is 8. The highest BCUT2D eigenvalue weighted by Crippen LogP contribution is 2.07. The van der Waals surface area contributed by atoms with Crippen LogP contribution in [0.3, 0.4) is 0 Å². The second-order valence-electron chi connectivity index (χ2n) is 8.43. The van der Waals surface area contributed by atoms with Gasteiger partial charge in [-0.3, -0.25) is 19.2 Å². The fourth-order valence-corrected chi connectivity index (χ4v) is 3.25. The molecule has 4 amide bonds. The zero-order valence-corrected chi connectivity index (χ0v) is 20.2. The van der Waals surface area contributed by atoms with Crippen LogP contribution in [0.1, 0.15) is 38.2 Å². The molecule has 0 heterocycles. The van der Waals surface area contributed by atoms with Crippen LogP contribution in [0.25, 0.3) is 0 Å². The fourth-order valence-electron chi connectivity index (χ4n) is 3.25. The lowest BCUT2D eigenvalue weighted by Gasteiger charge is -2.25. The second-order valence-corrected chi connectivity index (χ2v) is 8.43. The first kappa shape index (κ1) is 30.5. The molecule has 0 aliphatic carbocycles. The van der Waals surface area contributed by atoms with Gasteiger partial charge >= 0.3 is 5.97 Å². The van der Waals surface area contributed by atoms with Crippen molar-refractivity contribution >= 4 is 29.6 Å². The van der Waals surface area contributed by atoms with Crippen LogP contribution >= 0.6 is 0 Å². The molecule has 1 rings (SSSR count). The number of unbranched alkanes of at least 4 members (excludes halogenated alkanes) is 1. The summed E-state index contributed by atoms with van der Waals surface area (Å²) in [5.74, 6) is -4.76. The predicted octanol–water partition coefficient (Wildman–Crippen LogP) is -2.52. The Morgan fingerprint density at radius 3 is 1.97 bits per heavy atom. The molecular weight excluding hydrogens is 472 g/mol. The number of aliphatic hydroxyl groups excluding tert-OH is 1. The summed E-state index contributed by atoms with van der Waals surface area (Å²) >= 11 is 0. The number of primary amides is 1. The molecule has 5 unspecified atom stereocenters. The van der Waals surface area contributed by atoms with Gasteiger partial charge in [-0.25, -0.2) is 4.79 Å². The van der Waals surface area contributed by atoms with Gasteiger partial charge in [-0.1, -0.05) is 30.3 Å². The predicted molar refractivity (Wildman–Crippen MR) is 130 cm³/mol. The van der Waals surface area contributed by atoms with Gasteiger partial charge in [0.1, 0.15) is 24.2 Å². The third-order valence-electron chi connectivity index (χ3n) is 5.34. The van der Waals surface area contributed by atoms with E-state index >= 15 is 0 Å². The van der Waals surface area contributed by atoms with Crippen molar-refractivity contribution in [3.63, 3.8) is 0 Å². The lowest BCUT2D eigenvalue weighted by molar-refractivity contribution is -0.142. The number of amides is 4. The van der Waals surface area contributed by atoms with E-state index in [9.17, 15) is 34.2 Å². The van der Waals surface area contributed by atoms with Crippen molar-refractivity contribution in [3.05, 3.63) is 35.9 Å². The first-order valence-corrected chi connectivity index (χ1v) is 11.6. The number of nitrogens with two attached hydrogens (primary N) is 3. The van der Waals surface area contributed by atoms with Gasteiger partial charge in [0.15, 0.2) is 0 Å². The highest BCUT2D eigenvalue weighted by molar-refractivity contribution is 5.96. The Balaban J connectivity index is 3.07. The maximum atomic E-state index is 13.1. The standard InChI is InChI=1S/C23H36N6O7/c1-13(30)19(26)22(34)29-16(11-14-7-3-2-4-8-14)20(32)28-17(12-18(25)31)21(33)27-15(23(35)36)9-5-6-10-24/h2-4,7-8,13,15-17,19,30H,5-6,9-12,24,26H2,1H3,(H2,25,31)(H,27,33)(H,28,32)(H,29,34)(H,35,36). The Hall–Kier alpha value is -3.55. The average Bonchev–Trinajstić information content (AvgIpc) is 2.82. The Kier molecular flexibility index (Phi) is 13.1. The van der Waals surface area contributed by atoms with E-state index in [-0.39, 0.29) is 12.8 Å². The Morgan fingerprint density at radius 2 is 1.44 bits per heavy atom. The van der Waals surface area contributed by atoms with Crippen molar-refractivity contribution in [2.45, 2.75) is 69.3 Å². The Bertz CT molecular complexity index is 896. The van der Waals surface area contributed by atoms with Crippen LogP contribution < -0.4 is 33.2 Å². The molecule has 0 fully saturated rings. The SMILES string of the molecule is CC(O)C(N)C(=O)NC(Cc1ccccc1)C(=O)NC(CC(N)=O)C(=O)NC(CCCCN)C(=O)O. The maximum Gasteiger partial charge on any atom is 0.326 e. The highest BCUT2D eigenvalue weighted by atomic mass is 16.4. The molecular formula is C23H36N6O7. The monoisotopic (exact) mass is 508 g/mol. The van der Waals surface area contributed by atoms with E-state index in [1.165, 1.54) is 6.92 Å². The first-order chi connectivity index (χ1) is 17.0. The number of aliphatic carboxylic acids is 1. The third-order valence-corrected chi connectivity index (χ3v) is 5.34. The molecule has 0 saturated carbocycles.